The average Bonchev–Trinajstić information content (AvgIpc) is 2.96. The van der Waals surface area contributed by atoms with Gasteiger partial charge in [-0.3, -0.25) is 0 Å². The van der Waals surface area contributed by atoms with E-state index in [-0.39, 0.29) is 5.95 Å². The molecule has 8 nitrogen and oxygen atoms in total. The van der Waals surface area contributed by atoms with E-state index in [1.54, 1.807) is 19.2 Å². The molecule has 0 unspecified atom stereocenters. The summed E-state index contributed by atoms with van der Waals surface area (Å²) in [5.74, 6) is 1.64. The monoisotopic (exact) mass is 307 g/mol. The molecule has 8 heteroatoms. The summed E-state index contributed by atoms with van der Waals surface area (Å²) in [4.78, 5) is 8.30. The van der Waals surface area contributed by atoms with Gasteiger partial charge in [0.1, 0.15) is 11.8 Å². The summed E-state index contributed by atoms with van der Waals surface area (Å²) in [6.45, 7) is 0. The van der Waals surface area contributed by atoms with Gasteiger partial charge in [0, 0.05) is 6.20 Å². The number of aromatic nitrogens is 4. The van der Waals surface area contributed by atoms with Gasteiger partial charge in [-0.15, -0.1) is 5.10 Å². The van der Waals surface area contributed by atoms with Crippen LogP contribution < -0.4 is 15.8 Å². The molecule has 0 amide bonds. The van der Waals surface area contributed by atoms with Crippen molar-refractivity contribution >= 4 is 17.6 Å². The fraction of sp³-hybridized carbons (Fsp3) is 0.0667. The lowest BCUT2D eigenvalue weighted by Gasteiger charge is -2.07. The third kappa shape index (κ3) is 2.89. The van der Waals surface area contributed by atoms with Gasteiger partial charge in [0.25, 0.3) is 0 Å². The Morgan fingerprint density at radius 1 is 1.26 bits per heavy atom. The SMILES string of the molecule is COc1ccccc1Nc1nc(N)n(-c2ccc(C#N)cn2)n1. The summed E-state index contributed by atoms with van der Waals surface area (Å²) in [5, 5.41) is 16.1. The van der Waals surface area contributed by atoms with E-state index in [1.807, 2.05) is 30.3 Å². The minimum absolute atomic E-state index is 0.180. The maximum Gasteiger partial charge on any atom is 0.249 e. The van der Waals surface area contributed by atoms with Crippen molar-refractivity contribution in [3.05, 3.63) is 48.2 Å². The summed E-state index contributed by atoms with van der Waals surface area (Å²) in [5.41, 5.74) is 7.06. The minimum atomic E-state index is 0.180. The van der Waals surface area contributed by atoms with Crippen molar-refractivity contribution in [2.45, 2.75) is 0 Å². The Labute approximate surface area is 132 Å². The molecule has 3 aromatic rings. The number of anilines is 3. The van der Waals surface area contributed by atoms with Crippen LogP contribution in [-0.2, 0) is 0 Å². The molecule has 2 heterocycles. The van der Waals surface area contributed by atoms with E-state index in [9.17, 15) is 0 Å². The van der Waals surface area contributed by atoms with E-state index in [1.165, 1.54) is 10.9 Å². The minimum Gasteiger partial charge on any atom is -0.495 e. The fourth-order valence-corrected chi connectivity index (χ4v) is 1.99. The summed E-state index contributed by atoms with van der Waals surface area (Å²) in [6.07, 6.45) is 1.45. The van der Waals surface area contributed by atoms with E-state index in [2.05, 4.69) is 20.4 Å². The van der Waals surface area contributed by atoms with E-state index in [4.69, 9.17) is 15.7 Å². The smallest absolute Gasteiger partial charge is 0.249 e. The summed E-state index contributed by atoms with van der Waals surface area (Å²) in [7, 11) is 1.58. The second-order valence-electron chi connectivity index (χ2n) is 4.55. The summed E-state index contributed by atoms with van der Waals surface area (Å²) in [6, 6.07) is 12.7. The number of hydrogen-bond donors (Lipinski definition) is 2. The Balaban J connectivity index is 1.90. The molecule has 114 valence electrons. The molecule has 0 aliphatic carbocycles. The number of nitrogens with one attached hydrogen (secondary N) is 1. The summed E-state index contributed by atoms with van der Waals surface area (Å²) < 4.78 is 6.65. The second kappa shape index (κ2) is 6.03. The van der Waals surface area contributed by atoms with E-state index < -0.39 is 0 Å². The van der Waals surface area contributed by atoms with Crippen LogP contribution in [0.2, 0.25) is 0 Å². The molecular weight excluding hydrogens is 294 g/mol. The van der Waals surface area contributed by atoms with Crippen LogP contribution in [0.15, 0.2) is 42.6 Å². The topological polar surface area (TPSA) is 115 Å². The number of para-hydroxylation sites is 2. The molecule has 0 aliphatic heterocycles. The molecule has 0 radical (unpaired) electrons. The van der Waals surface area contributed by atoms with E-state index >= 15 is 0 Å². The average molecular weight is 307 g/mol. The molecule has 0 aliphatic rings. The van der Waals surface area contributed by atoms with Gasteiger partial charge in [-0.05, 0) is 24.3 Å². The van der Waals surface area contributed by atoms with E-state index in [0.29, 0.717) is 23.1 Å². The number of benzene rings is 1. The molecule has 0 bridgehead atoms. The first-order valence-electron chi connectivity index (χ1n) is 6.70. The first-order valence-corrected chi connectivity index (χ1v) is 6.70. The highest BCUT2D eigenvalue weighted by Crippen LogP contribution is 2.26. The first-order chi connectivity index (χ1) is 11.2. The summed E-state index contributed by atoms with van der Waals surface area (Å²) >= 11 is 0. The van der Waals surface area contributed by atoms with Crippen LogP contribution in [0.4, 0.5) is 17.6 Å². The maximum atomic E-state index is 8.80. The third-order valence-electron chi connectivity index (χ3n) is 3.08. The highest BCUT2D eigenvalue weighted by molar-refractivity contribution is 5.62. The van der Waals surface area contributed by atoms with Gasteiger partial charge in [0.15, 0.2) is 5.82 Å². The lowest BCUT2D eigenvalue weighted by Crippen LogP contribution is -2.04. The molecule has 0 saturated heterocycles. The Morgan fingerprint density at radius 2 is 2.09 bits per heavy atom. The highest BCUT2D eigenvalue weighted by Gasteiger charge is 2.11. The van der Waals surface area contributed by atoms with Gasteiger partial charge in [-0.1, -0.05) is 12.1 Å². The zero-order valence-electron chi connectivity index (χ0n) is 12.3. The molecule has 1 aromatic carbocycles. The van der Waals surface area contributed by atoms with Gasteiger partial charge in [-0.2, -0.15) is 14.9 Å². The molecule has 0 fully saturated rings. The van der Waals surface area contributed by atoms with Gasteiger partial charge in [-0.25, -0.2) is 4.98 Å². The van der Waals surface area contributed by atoms with Crippen molar-refractivity contribution in [2.75, 3.05) is 18.2 Å². The van der Waals surface area contributed by atoms with Crippen molar-refractivity contribution in [1.29, 1.82) is 5.26 Å². The van der Waals surface area contributed by atoms with Crippen molar-refractivity contribution in [2.24, 2.45) is 0 Å². The number of methoxy groups -OCH3 is 1. The Morgan fingerprint density at radius 3 is 2.78 bits per heavy atom. The largest absolute Gasteiger partial charge is 0.495 e. The van der Waals surface area contributed by atoms with Gasteiger partial charge in [0.2, 0.25) is 11.9 Å². The number of ether oxygens (including phenoxy) is 1. The standard InChI is InChI=1S/C15H13N7O/c1-23-12-5-3-2-4-11(12)19-15-20-14(17)22(21-15)13-7-6-10(8-16)9-18-13/h2-7,9H,1H3,(H3,17,19,20,21). The number of nitrogens with two attached hydrogens (primary N) is 1. The van der Waals surface area contributed by atoms with Crippen molar-refractivity contribution < 1.29 is 4.74 Å². The van der Waals surface area contributed by atoms with Crippen LogP contribution in [0.25, 0.3) is 5.82 Å². The van der Waals surface area contributed by atoms with E-state index in [0.717, 1.165) is 5.69 Å². The highest BCUT2D eigenvalue weighted by atomic mass is 16.5. The fourth-order valence-electron chi connectivity index (χ4n) is 1.99. The van der Waals surface area contributed by atoms with Crippen LogP contribution in [0, 0.1) is 11.3 Å². The number of hydrogen-bond acceptors (Lipinski definition) is 7. The molecular formula is C15H13N7O. The number of nitriles is 1. The molecule has 3 N–H and O–H groups in total. The van der Waals surface area contributed by atoms with Gasteiger partial charge in [0.05, 0.1) is 18.4 Å². The Kier molecular flexibility index (Phi) is 3.76. The lowest BCUT2D eigenvalue weighted by atomic mass is 10.3. The third-order valence-corrected chi connectivity index (χ3v) is 3.08. The number of nitrogens with zero attached hydrogens (tertiary/aromatic N) is 5. The van der Waals surface area contributed by atoms with Crippen LogP contribution in [0.3, 0.4) is 0 Å². The van der Waals surface area contributed by atoms with Gasteiger partial charge >= 0.3 is 0 Å². The van der Waals surface area contributed by atoms with Crippen molar-refractivity contribution in [3.8, 4) is 17.6 Å². The normalized spacial score (nSPS) is 10.1. The number of nitrogen functional groups attached to an aromatic ring is 1. The maximum absolute atomic E-state index is 8.80. The molecule has 0 saturated carbocycles. The first kappa shape index (κ1) is 14.3. The lowest BCUT2D eigenvalue weighted by molar-refractivity contribution is 0.417. The molecule has 0 atom stereocenters. The van der Waals surface area contributed by atoms with Crippen LogP contribution in [0.5, 0.6) is 5.75 Å². The van der Waals surface area contributed by atoms with Crippen LogP contribution >= 0.6 is 0 Å². The van der Waals surface area contributed by atoms with Gasteiger partial charge < -0.3 is 15.8 Å². The van der Waals surface area contributed by atoms with Crippen LogP contribution in [-0.4, -0.2) is 26.9 Å². The van der Waals surface area contributed by atoms with Crippen molar-refractivity contribution in [1.82, 2.24) is 19.7 Å². The molecule has 23 heavy (non-hydrogen) atoms. The molecule has 2 aromatic heterocycles. The number of rotatable bonds is 4. The second-order valence-corrected chi connectivity index (χ2v) is 4.55. The zero-order valence-corrected chi connectivity index (χ0v) is 12.3. The predicted octanol–water partition coefficient (Wildman–Crippen LogP) is 1.87. The Hall–Kier alpha value is -3.60. The predicted molar refractivity (Wildman–Crippen MR) is 84.6 cm³/mol. The Bertz CT molecular complexity index is 864. The number of pyridine rings is 1. The molecule has 3 rings (SSSR count). The zero-order chi connectivity index (χ0) is 16.2. The van der Waals surface area contributed by atoms with Crippen molar-refractivity contribution in [3.63, 3.8) is 0 Å². The molecule has 0 spiro atoms. The van der Waals surface area contributed by atoms with Crippen LogP contribution in [0.1, 0.15) is 5.56 Å². The quantitative estimate of drug-likeness (QED) is 0.756.